The lowest BCUT2D eigenvalue weighted by Crippen LogP contribution is -2.51. The molecule has 4 rings (SSSR count). The van der Waals surface area contributed by atoms with Crippen LogP contribution in [0.15, 0.2) is 18.2 Å². The third kappa shape index (κ3) is 3.75. The molecule has 0 N–H and O–H groups in total. The van der Waals surface area contributed by atoms with Crippen molar-refractivity contribution in [3.05, 3.63) is 40.4 Å². The van der Waals surface area contributed by atoms with Gasteiger partial charge in [-0.25, -0.2) is 13.8 Å². The maximum Gasteiger partial charge on any atom is 0.265 e. The van der Waals surface area contributed by atoms with Crippen LogP contribution in [-0.4, -0.2) is 52.9 Å². The summed E-state index contributed by atoms with van der Waals surface area (Å²) < 4.78 is 27.2. The molecule has 1 aliphatic heterocycles. The second kappa shape index (κ2) is 7.64. The third-order valence-corrected chi connectivity index (χ3v) is 6.77. The summed E-state index contributed by atoms with van der Waals surface area (Å²) in [5, 5.41) is 0.415. The number of carbonyl (C=O) groups is 1. The number of carbonyl (C=O) groups excluding carboxylic acids is 1. The van der Waals surface area contributed by atoms with Crippen LogP contribution in [0.25, 0.3) is 10.6 Å². The molecule has 0 atom stereocenters. The number of piperazine rings is 1. The predicted molar refractivity (Wildman–Crippen MR) is 102 cm³/mol. The molecule has 144 valence electrons. The van der Waals surface area contributed by atoms with E-state index >= 15 is 0 Å². The molecule has 1 saturated carbocycles. The molecule has 0 radical (unpaired) electrons. The zero-order valence-electron chi connectivity index (χ0n) is 15.4. The average molecular weight is 391 g/mol. The minimum Gasteiger partial charge on any atom is -0.335 e. The number of benzene rings is 1. The first kappa shape index (κ1) is 18.5. The Morgan fingerprint density at radius 1 is 1.15 bits per heavy atom. The van der Waals surface area contributed by atoms with Crippen LogP contribution in [0, 0.1) is 18.6 Å². The van der Waals surface area contributed by atoms with Crippen molar-refractivity contribution < 1.29 is 13.6 Å². The van der Waals surface area contributed by atoms with E-state index in [4.69, 9.17) is 0 Å². The number of aryl methyl sites for hydroxylation is 1. The molecule has 7 heteroatoms. The van der Waals surface area contributed by atoms with E-state index in [1.54, 1.807) is 6.92 Å². The molecule has 4 nitrogen and oxygen atoms in total. The molecule has 2 heterocycles. The fourth-order valence-corrected chi connectivity index (χ4v) is 5.14. The van der Waals surface area contributed by atoms with Gasteiger partial charge in [-0.05, 0) is 31.9 Å². The van der Waals surface area contributed by atoms with Gasteiger partial charge in [0.15, 0.2) is 0 Å². The van der Waals surface area contributed by atoms with E-state index in [-0.39, 0.29) is 11.5 Å². The van der Waals surface area contributed by atoms with Crippen LogP contribution >= 0.6 is 11.3 Å². The lowest BCUT2D eigenvalue weighted by atomic mass is 10.1. The Hall–Kier alpha value is -1.86. The highest BCUT2D eigenvalue weighted by Crippen LogP contribution is 2.31. The first-order valence-corrected chi connectivity index (χ1v) is 10.3. The van der Waals surface area contributed by atoms with Gasteiger partial charge in [0.1, 0.15) is 21.5 Å². The topological polar surface area (TPSA) is 36.4 Å². The molecule has 1 aromatic heterocycles. The molecule has 2 aromatic rings. The van der Waals surface area contributed by atoms with E-state index in [0.717, 1.165) is 19.2 Å². The summed E-state index contributed by atoms with van der Waals surface area (Å²) in [5.41, 5.74) is 0.830. The van der Waals surface area contributed by atoms with E-state index in [9.17, 15) is 13.6 Å². The largest absolute Gasteiger partial charge is 0.335 e. The normalized spacial score (nSPS) is 19.0. The minimum atomic E-state index is -0.659. The van der Waals surface area contributed by atoms with Gasteiger partial charge >= 0.3 is 0 Å². The molecule has 0 bridgehead atoms. The quantitative estimate of drug-likeness (QED) is 0.791. The molecule has 2 aliphatic rings. The summed E-state index contributed by atoms with van der Waals surface area (Å²) in [6, 6.07) is 4.10. The van der Waals surface area contributed by atoms with Gasteiger partial charge in [0.25, 0.3) is 5.91 Å². The van der Waals surface area contributed by atoms with Crippen molar-refractivity contribution in [1.29, 1.82) is 0 Å². The van der Waals surface area contributed by atoms with Crippen LogP contribution in [0.4, 0.5) is 8.78 Å². The van der Waals surface area contributed by atoms with E-state index in [2.05, 4.69) is 9.88 Å². The number of aromatic nitrogens is 1. The molecule has 2 fully saturated rings. The molecule has 27 heavy (non-hydrogen) atoms. The summed E-state index contributed by atoms with van der Waals surface area (Å²) in [4.78, 5) is 22.2. The average Bonchev–Trinajstić information content (AvgIpc) is 3.31. The Kier molecular flexibility index (Phi) is 5.23. The van der Waals surface area contributed by atoms with Gasteiger partial charge in [-0.1, -0.05) is 12.8 Å². The second-order valence-electron chi connectivity index (χ2n) is 7.32. The molecule has 0 spiro atoms. The van der Waals surface area contributed by atoms with Crippen LogP contribution in [0.2, 0.25) is 0 Å². The van der Waals surface area contributed by atoms with E-state index in [1.807, 2.05) is 4.90 Å². The number of hydrogen-bond acceptors (Lipinski definition) is 4. The Morgan fingerprint density at radius 2 is 1.85 bits per heavy atom. The molecule has 1 aliphatic carbocycles. The van der Waals surface area contributed by atoms with E-state index < -0.39 is 11.6 Å². The van der Waals surface area contributed by atoms with Gasteiger partial charge < -0.3 is 4.90 Å². The molecular formula is C20H23F2N3OS. The highest BCUT2D eigenvalue weighted by atomic mass is 32.1. The number of rotatable bonds is 3. The van der Waals surface area contributed by atoms with Crippen LogP contribution in [-0.2, 0) is 0 Å². The fraction of sp³-hybridized carbons (Fsp3) is 0.500. The molecule has 0 unspecified atom stereocenters. The van der Waals surface area contributed by atoms with Crippen molar-refractivity contribution in [3.8, 4) is 10.6 Å². The summed E-state index contributed by atoms with van der Waals surface area (Å²) >= 11 is 1.18. The van der Waals surface area contributed by atoms with Gasteiger partial charge in [0, 0.05) is 43.9 Å². The first-order chi connectivity index (χ1) is 13.0. The smallest absolute Gasteiger partial charge is 0.265 e. The van der Waals surface area contributed by atoms with E-state index in [1.165, 1.54) is 49.2 Å². The maximum absolute atomic E-state index is 14.0. The van der Waals surface area contributed by atoms with Gasteiger partial charge in [0.2, 0.25) is 0 Å². The van der Waals surface area contributed by atoms with Crippen LogP contribution in [0.3, 0.4) is 0 Å². The van der Waals surface area contributed by atoms with Crippen molar-refractivity contribution in [2.45, 2.75) is 38.6 Å². The fourth-order valence-electron chi connectivity index (χ4n) is 4.08. The summed E-state index contributed by atoms with van der Waals surface area (Å²) in [7, 11) is 0. The number of hydrogen-bond donors (Lipinski definition) is 0. The monoisotopic (exact) mass is 391 g/mol. The van der Waals surface area contributed by atoms with Crippen molar-refractivity contribution in [3.63, 3.8) is 0 Å². The molecular weight excluding hydrogens is 368 g/mol. The highest BCUT2D eigenvalue weighted by molar-refractivity contribution is 7.17. The van der Waals surface area contributed by atoms with Crippen molar-refractivity contribution >= 4 is 17.2 Å². The van der Waals surface area contributed by atoms with Crippen LogP contribution < -0.4 is 0 Å². The summed E-state index contributed by atoms with van der Waals surface area (Å²) in [6.07, 6.45) is 5.17. The molecule has 1 saturated heterocycles. The van der Waals surface area contributed by atoms with Gasteiger partial charge in [-0.2, -0.15) is 0 Å². The van der Waals surface area contributed by atoms with Gasteiger partial charge in [0.05, 0.1) is 5.69 Å². The Morgan fingerprint density at radius 3 is 2.52 bits per heavy atom. The lowest BCUT2D eigenvalue weighted by molar-refractivity contribution is 0.0577. The Labute approximate surface area is 161 Å². The number of nitrogens with zero attached hydrogens (tertiary/aromatic N) is 3. The zero-order chi connectivity index (χ0) is 19.0. The first-order valence-electron chi connectivity index (χ1n) is 9.49. The number of halogens is 2. The molecule has 1 amide bonds. The second-order valence-corrected chi connectivity index (χ2v) is 8.32. The van der Waals surface area contributed by atoms with Gasteiger partial charge in [-0.15, -0.1) is 11.3 Å². The third-order valence-electron chi connectivity index (χ3n) is 5.59. The minimum absolute atomic E-state index is 0.0372. The zero-order valence-corrected chi connectivity index (χ0v) is 16.2. The number of amides is 1. The van der Waals surface area contributed by atoms with Gasteiger partial charge in [-0.3, -0.25) is 9.69 Å². The van der Waals surface area contributed by atoms with Crippen LogP contribution in [0.1, 0.15) is 41.0 Å². The summed E-state index contributed by atoms with van der Waals surface area (Å²) in [6.45, 7) is 5.02. The maximum atomic E-state index is 14.0. The number of thiazole rings is 1. The van der Waals surface area contributed by atoms with Crippen molar-refractivity contribution in [2.75, 3.05) is 26.2 Å². The standard InChI is InChI=1S/C20H23F2N3OS/c1-13-18(27-19(23-13)16-7-6-14(21)12-17(16)22)20(26)25-10-8-24(9-11-25)15-4-2-3-5-15/h6-7,12,15H,2-5,8-11H2,1H3. The Bertz CT molecular complexity index is 840. The van der Waals surface area contributed by atoms with Crippen molar-refractivity contribution in [2.24, 2.45) is 0 Å². The molecule has 1 aromatic carbocycles. The SMILES string of the molecule is Cc1nc(-c2ccc(F)cc2F)sc1C(=O)N1CCN(C2CCCC2)CC1. The van der Waals surface area contributed by atoms with Crippen LogP contribution in [0.5, 0.6) is 0 Å². The van der Waals surface area contributed by atoms with E-state index in [0.29, 0.717) is 34.7 Å². The predicted octanol–water partition coefficient (Wildman–Crippen LogP) is 4.10. The van der Waals surface area contributed by atoms with Crippen molar-refractivity contribution in [1.82, 2.24) is 14.8 Å². The lowest BCUT2D eigenvalue weighted by Gasteiger charge is -2.37. The Balaban J connectivity index is 1.47. The summed E-state index contributed by atoms with van der Waals surface area (Å²) in [5.74, 6) is -1.32. The highest BCUT2D eigenvalue weighted by Gasteiger charge is 2.30.